The van der Waals surface area contributed by atoms with Gasteiger partial charge in [0, 0.05) is 37.4 Å². The van der Waals surface area contributed by atoms with Gasteiger partial charge in [-0.3, -0.25) is 0 Å². The van der Waals surface area contributed by atoms with E-state index >= 15 is 0 Å². The number of hydrogen-bond acceptors (Lipinski definition) is 2. The largest absolute Gasteiger partial charge is 0.272 e. The lowest BCUT2D eigenvalue weighted by Gasteiger charge is -2.08. The van der Waals surface area contributed by atoms with Crippen LogP contribution >= 0.6 is 38.5 Å². The van der Waals surface area contributed by atoms with E-state index in [1.165, 1.54) is 24.4 Å². The van der Waals surface area contributed by atoms with Gasteiger partial charge in [-0.25, -0.2) is 27.5 Å². The summed E-state index contributed by atoms with van der Waals surface area (Å²) in [6, 6.07) is 5.78. The summed E-state index contributed by atoms with van der Waals surface area (Å²) < 4.78 is 51.4. The van der Waals surface area contributed by atoms with Crippen LogP contribution < -0.4 is 0 Å². The molecule has 0 aliphatic heterocycles. The fourth-order valence-corrected chi connectivity index (χ4v) is 1.82. The standard InChI is InChI=1S/C7H6BrF2N.C7H6F2IN/c1-7(9,10)5-2-3-6(8)11-4-5;1-7(8,9)5-2-3-6(10)11-4-5/h2*2-4H,1H3. The molecule has 0 saturated carbocycles. The second-order valence-corrected chi connectivity index (χ2v) is 6.43. The molecule has 0 atom stereocenters. The normalized spacial score (nSPS) is 11.6. The maximum atomic E-state index is 12.5. The SMILES string of the molecule is CC(F)(F)c1ccc(Br)nc1.CC(F)(F)c1ccc(I)nc1. The third kappa shape index (κ3) is 6.55. The van der Waals surface area contributed by atoms with Crippen LogP contribution in [0.2, 0.25) is 0 Å². The average Bonchev–Trinajstić information content (AvgIpc) is 2.38. The first-order valence-corrected chi connectivity index (χ1v) is 7.87. The van der Waals surface area contributed by atoms with Crippen LogP contribution in [0.5, 0.6) is 0 Å². The monoisotopic (exact) mass is 490 g/mol. The summed E-state index contributed by atoms with van der Waals surface area (Å²) in [6.45, 7) is 1.70. The molecule has 2 rings (SSSR count). The quantitative estimate of drug-likeness (QED) is 0.304. The molecule has 2 nitrogen and oxygen atoms in total. The molecular weight excluding hydrogens is 479 g/mol. The van der Waals surface area contributed by atoms with E-state index in [0.717, 1.165) is 23.7 Å². The molecule has 0 bridgehead atoms. The van der Waals surface area contributed by atoms with Crippen LogP contribution in [0.25, 0.3) is 0 Å². The van der Waals surface area contributed by atoms with Crippen molar-refractivity contribution in [2.45, 2.75) is 25.7 Å². The zero-order valence-corrected chi connectivity index (χ0v) is 15.4. The van der Waals surface area contributed by atoms with Crippen molar-refractivity contribution in [3.05, 3.63) is 56.1 Å². The highest BCUT2D eigenvalue weighted by Gasteiger charge is 2.24. The summed E-state index contributed by atoms with van der Waals surface area (Å²) in [7, 11) is 0. The Kier molecular flexibility index (Phi) is 6.72. The molecule has 0 amide bonds. The molecule has 22 heavy (non-hydrogen) atoms. The Labute approximate surface area is 147 Å². The van der Waals surface area contributed by atoms with E-state index in [-0.39, 0.29) is 11.1 Å². The van der Waals surface area contributed by atoms with E-state index in [4.69, 9.17) is 0 Å². The molecular formula is C14H12BrF4IN2. The van der Waals surface area contributed by atoms with Crippen molar-refractivity contribution in [1.29, 1.82) is 0 Å². The van der Waals surface area contributed by atoms with Gasteiger partial charge in [-0.15, -0.1) is 0 Å². The molecule has 0 unspecified atom stereocenters. The maximum Gasteiger partial charge on any atom is 0.272 e. The molecule has 2 aromatic rings. The number of aromatic nitrogens is 2. The second-order valence-electron chi connectivity index (χ2n) is 4.52. The van der Waals surface area contributed by atoms with Gasteiger partial charge in [-0.2, -0.15) is 0 Å². The average molecular weight is 491 g/mol. The summed E-state index contributed by atoms with van der Waals surface area (Å²) >= 11 is 5.02. The number of hydrogen-bond donors (Lipinski definition) is 0. The Morgan fingerprint density at radius 2 is 1.32 bits per heavy atom. The molecule has 0 spiro atoms. The van der Waals surface area contributed by atoms with Gasteiger partial charge in [0.2, 0.25) is 0 Å². The number of alkyl halides is 4. The minimum Gasteiger partial charge on any atom is -0.250 e. The van der Waals surface area contributed by atoms with Gasteiger partial charge in [0.05, 0.1) is 0 Å². The van der Waals surface area contributed by atoms with Crippen LogP contribution in [0.4, 0.5) is 17.6 Å². The summed E-state index contributed by atoms with van der Waals surface area (Å²) in [6.07, 6.45) is 2.35. The number of halogens is 6. The van der Waals surface area contributed by atoms with Gasteiger partial charge in [-0.05, 0) is 62.8 Å². The minimum absolute atomic E-state index is 0.0436. The van der Waals surface area contributed by atoms with Crippen molar-refractivity contribution in [2.24, 2.45) is 0 Å². The first-order chi connectivity index (χ1) is 10.00. The molecule has 2 aromatic heterocycles. The first kappa shape index (κ1) is 19.3. The van der Waals surface area contributed by atoms with E-state index < -0.39 is 11.8 Å². The fraction of sp³-hybridized carbons (Fsp3) is 0.286. The Morgan fingerprint density at radius 1 is 0.864 bits per heavy atom. The molecule has 0 N–H and O–H groups in total. The van der Waals surface area contributed by atoms with Gasteiger partial charge in [0.25, 0.3) is 11.8 Å². The molecule has 120 valence electrons. The van der Waals surface area contributed by atoms with Crippen LogP contribution in [0.15, 0.2) is 41.3 Å². The van der Waals surface area contributed by atoms with Crippen LogP contribution in [0.1, 0.15) is 25.0 Å². The van der Waals surface area contributed by atoms with E-state index in [1.807, 2.05) is 22.6 Å². The molecule has 0 aliphatic carbocycles. The van der Waals surface area contributed by atoms with Crippen molar-refractivity contribution in [3.8, 4) is 0 Å². The van der Waals surface area contributed by atoms with E-state index in [1.54, 1.807) is 6.07 Å². The lowest BCUT2D eigenvalue weighted by Crippen LogP contribution is -2.07. The third-order valence-electron chi connectivity index (χ3n) is 2.47. The Bertz CT molecular complexity index is 537. The number of nitrogens with zero attached hydrogens (tertiary/aromatic N) is 2. The summed E-state index contributed by atoms with van der Waals surface area (Å²) in [4.78, 5) is 7.43. The van der Waals surface area contributed by atoms with Crippen LogP contribution in [0, 0.1) is 3.70 Å². The van der Waals surface area contributed by atoms with Crippen molar-refractivity contribution in [1.82, 2.24) is 9.97 Å². The first-order valence-electron chi connectivity index (χ1n) is 6.00. The molecule has 0 fully saturated rings. The maximum absolute atomic E-state index is 12.5. The Morgan fingerprint density at radius 3 is 1.64 bits per heavy atom. The Balaban J connectivity index is 0.000000220. The lowest BCUT2D eigenvalue weighted by molar-refractivity contribution is 0.0164. The van der Waals surface area contributed by atoms with Crippen molar-refractivity contribution in [2.75, 3.05) is 0 Å². The van der Waals surface area contributed by atoms with Crippen LogP contribution in [0.3, 0.4) is 0 Å². The molecule has 0 aromatic carbocycles. The van der Waals surface area contributed by atoms with Gasteiger partial charge in [-0.1, -0.05) is 0 Å². The Hall–Kier alpha value is -0.770. The number of rotatable bonds is 2. The highest BCUT2D eigenvalue weighted by molar-refractivity contribution is 14.1. The van der Waals surface area contributed by atoms with Gasteiger partial charge in [0.15, 0.2) is 0 Å². The fourth-order valence-electron chi connectivity index (χ4n) is 1.27. The predicted molar refractivity (Wildman–Crippen MR) is 88.0 cm³/mol. The van der Waals surface area contributed by atoms with Crippen LogP contribution in [-0.2, 0) is 11.8 Å². The minimum atomic E-state index is -2.80. The molecule has 8 heteroatoms. The molecule has 0 aliphatic rings. The summed E-state index contributed by atoms with van der Waals surface area (Å²) in [5.41, 5.74) is -0.112. The van der Waals surface area contributed by atoms with Crippen molar-refractivity contribution >= 4 is 38.5 Å². The van der Waals surface area contributed by atoms with Crippen molar-refractivity contribution in [3.63, 3.8) is 0 Å². The van der Waals surface area contributed by atoms with Crippen molar-refractivity contribution < 1.29 is 17.6 Å². The lowest BCUT2D eigenvalue weighted by atomic mass is 10.2. The van der Waals surface area contributed by atoms with Gasteiger partial charge >= 0.3 is 0 Å². The molecule has 2 heterocycles. The second kappa shape index (κ2) is 7.67. The third-order valence-corrected chi connectivity index (χ3v) is 3.58. The van der Waals surface area contributed by atoms with E-state index in [2.05, 4.69) is 25.9 Å². The summed E-state index contributed by atoms with van der Waals surface area (Å²) in [5, 5.41) is 0. The summed E-state index contributed by atoms with van der Waals surface area (Å²) in [5.74, 6) is -5.58. The van der Waals surface area contributed by atoms with E-state index in [0.29, 0.717) is 4.60 Å². The molecule has 0 radical (unpaired) electrons. The van der Waals surface area contributed by atoms with E-state index in [9.17, 15) is 17.6 Å². The zero-order chi connectivity index (χ0) is 17.0. The predicted octanol–water partition coefficient (Wildman–Crippen LogP) is 5.75. The smallest absolute Gasteiger partial charge is 0.250 e. The number of pyridine rings is 2. The topological polar surface area (TPSA) is 25.8 Å². The van der Waals surface area contributed by atoms with Gasteiger partial charge < -0.3 is 0 Å². The van der Waals surface area contributed by atoms with Gasteiger partial charge in [0.1, 0.15) is 8.30 Å². The molecule has 0 saturated heterocycles. The zero-order valence-electron chi connectivity index (χ0n) is 11.6. The highest BCUT2D eigenvalue weighted by Crippen LogP contribution is 2.26. The highest BCUT2D eigenvalue weighted by atomic mass is 127. The van der Waals surface area contributed by atoms with Crippen LogP contribution in [-0.4, -0.2) is 9.97 Å².